The second-order valence-electron chi connectivity index (χ2n) is 3.36. The van der Waals surface area contributed by atoms with Gasteiger partial charge in [-0.25, -0.2) is 0 Å². The van der Waals surface area contributed by atoms with E-state index in [0.717, 1.165) is 36.9 Å². The lowest BCUT2D eigenvalue weighted by atomic mass is 10.3. The SMILES string of the molecule is CCSC1=NCCN1C(=O)C1CC1. The lowest BCUT2D eigenvalue weighted by Gasteiger charge is -2.16. The minimum absolute atomic E-state index is 0.303. The van der Waals surface area contributed by atoms with E-state index in [1.165, 1.54) is 0 Å². The zero-order valence-electron chi connectivity index (χ0n) is 7.82. The third-order valence-electron chi connectivity index (χ3n) is 2.27. The van der Waals surface area contributed by atoms with E-state index in [2.05, 4.69) is 11.9 Å². The molecule has 1 aliphatic carbocycles. The van der Waals surface area contributed by atoms with Crippen LogP contribution in [-0.4, -0.2) is 34.8 Å². The van der Waals surface area contributed by atoms with E-state index >= 15 is 0 Å². The molecule has 2 aliphatic rings. The lowest BCUT2D eigenvalue weighted by molar-refractivity contribution is -0.128. The van der Waals surface area contributed by atoms with Crippen LogP contribution < -0.4 is 0 Å². The van der Waals surface area contributed by atoms with Crippen LogP contribution in [0.5, 0.6) is 0 Å². The van der Waals surface area contributed by atoms with Crippen molar-refractivity contribution >= 4 is 22.8 Å². The first-order valence-electron chi connectivity index (χ1n) is 4.81. The zero-order valence-corrected chi connectivity index (χ0v) is 8.64. The van der Waals surface area contributed by atoms with Gasteiger partial charge in [0.25, 0.3) is 0 Å². The predicted molar refractivity (Wildman–Crippen MR) is 54.9 cm³/mol. The summed E-state index contributed by atoms with van der Waals surface area (Å²) < 4.78 is 0. The van der Waals surface area contributed by atoms with E-state index in [1.807, 2.05) is 4.90 Å². The van der Waals surface area contributed by atoms with E-state index in [4.69, 9.17) is 0 Å². The fraction of sp³-hybridized carbons (Fsp3) is 0.778. The van der Waals surface area contributed by atoms with Crippen molar-refractivity contribution in [1.82, 2.24) is 4.90 Å². The Balaban J connectivity index is 1.97. The maximum atomic E-state index is 11.7. The fourth-order valence-electron chi connectivity index (χ4n) is 1.43. The molecule has 3 nitrogen and oxygen atoms in total. The average molecular weight is 198 g/mol. The second kappa shape index (κ2) is 3.70. The molecule has 0 bridgehead atoms. The number of hydrogen-bond acceptors (Lipinski definition) is 3. The molecule has 1 fully saturated rings. The Kier molecular flexibility index (Phi) is 2.58. The normalized spacial score (nSPS) is 21.9. The number of amidine groups is 1. The highest BCUT2D eigenvalue weighted by molar-refractivity contribution is 8.13. The van der Waals surface area contributed by atoms with Crippen LogP contribution in [0.25, 0.3) is 0 Å². The molecule has 0 N–H and O–H groups in total. The van der Waals surface area contributed by atoms with Crippen LogP contribution in [0.15, 0.2) is 4.99 Å². The van der Waals surface area contributed by atoms with Crippen molar-refractivity contribution in [3.8, 4) is 0 Å². The van der Waals surface area contributed by atoms with Crippen LogP contribution in [0.1, 0.15) is 19.8 Å². The molecule has 0 aromatic rings. The molecule has 0 radical (unpaired) electrons. The first-order valence-corrected chi connectivity index (χ1v) is 5.80. The molecular formula is C9H14N2OS. The summed E-state index contributed by atoms with van der Waals surface area (Å²) in [5.41, 5.74) is 0. The van der Waals surface area contributed by atoms with Gasteiger partial charge in [-0.05, 0) is 18.6 Å². The first kappa shape index (κ1) is 9.06. The molecule has 1 aliphatic heterocycles. The van der Waals surface area contributed by atoms with Gasteiger partial charge >= 0.3 is 0 Å². The number of carbonyl (C=O) groups excluding carboxylic acids is 1. The van der Waals surface area contributed by atoms with Crippen molar-refractivity contribution in [1.29, 1.82) is 0 Å². The van der Waals surface area contributed by atoms with E-state index in [9.17, 15) is 4.79 Å². The van der Waals surface area contributed by atoms with Crippen molar-refractivity contribution in [3.05, 3.63) is 0 Å². The summed E-state index contributed by atoms with van der Waals surface area (Å²) in [5, 5.41) is 0.944. The minimum Gasteiger partial charge on any atom is -0.289 e. The van der Waals surface area contributed by atoms with Crippen molar-refractivity contribution in [3.63, 3.8) is 0 Å². The molecule has 1 heterocycles. The Morgan fingerprint density at radius 2 is 2.46 bits per heavy atom. The van der Waals surface area contributed by atoms with Gasteiger partial charge in [0.15, 0.2) is 5.17 Å². The van der Waals surface area contributed by atoms with E-state index in [1.54, 1.807) is 11.8 Å². The summed E-state index contributed by atoms with van der Waals surface area (Å²) >= 11 is 1.68. The summed E-state index contributed by atoms with van der Waals surface area (Å²) in [7, 11) is 0. The largest absolute Gasteiger partial charge is 0.289 e. The molecule has 0 aromatic heterocycles. The topological polar surface area (TPSA) is 32.7 Å². The Hall–Kier alpha value is -0.510. The van der Waals surface area contributed by atoms with Gasteiger partial charge in [0.2, 0.25) is 5.91 Å². The standard InChI is InChI=1S/C9H14N2OS/c1-2-13-9-10-5-6-11(9)8(12)7-3-4-7/h7H,2-6H2,1H3. The molecule has 72 valence electrons. The van der Waals surface area contributed by atoms with Gasteiger partial charge in [-0.15, -0.1) is 0 Å². The lowest BCUT2D eigenvalue weighted by Crippen LogP contribution is -2.33. The highest BCUT2D eigenvalue weighted by Crippen LogP contribution is 2.32. The first-order chi connectivity index (χ1) is 6.33. The van der Waals surface area contributed by atoms with Crippen LogP contribution >= 0.6 is 11.8 Å². The van der Waals surface area contributed by atoms with Crippen LogP contribution in [0.2, 0.25) is 0 Å². The second-order valence-corrected chi connectivity index (χ2v) is 4.59. The van der Waals surface area contributed by atoms with Gasteiger partial charge < -0.3 is 0 Å². The summed E-state index contributed by atoms with van der Waals surface area (Å²) in [5.74, 6) is 1.62. The molecule has 13 heavy (non-hydrogen) atoms. The summed E-state index contributed by atoms with van der Waals surface area (Å²) in [4.78, 5) is 17.9. The molecule has 0 spiro atoms. The van der Waals surface area contributed by atoms with Gasteiger partial charge in [0, 0.05) is 12.5 Å². The van der Waals surface area contributed by atoms with Crippen molar-refractivity contribution in [2.75, 3.05) is 18.8 Å². The van der Waals surface area contributed by atoms with E-state index < -0.39 is 0 Å². The minimum atomic E-state index is 0.303. The monoisotopic (exact) mass is 198 g/mol. The highest BCUT2D eigenvalue weighted by atomic mass is 32.2. The molecule has 0 atom stereocenters. The number of thioether (sulfide) groups is 1. The van der Waals surface area contributed by atoms with Gasteiger partial charge in [0.05, 0.1) is 6.54 Å². The summed E-state index contributed by atoms with van der Waals surface area (Å²) in [6.07, 6.45) is 2.17. The maximum absolute atomic E-state index is 11.7. The fourth-order valence-corrected chi connectivity index (χ4v) is 2.21. The molecular weight excluding hydrogens is 184 g/mol. The Bertz CT molecular complexity index is 248. The Labute approximate surface area is 82.6 Å². The number of carbonyl (C=O) groups is 1. The maximum Gasteiger partial charge on any atom is 0.231 e. The van der Waals surface area contributed by atoms with Crippen LogP contribution in [0, 0.1) is 5.92 Å². The molecule has 0 saturated heterocycles. The van der Waals surface area contributed by atoms with Crippen LogP contribution in [0.3, 0.4) is 0 Å². The number of hydrogen-bond donors (Lipinski definition) is 0. The van der Waals surface area contributed by atoms with Gasteiger partial charge in [-0.3, -0.25) is 14.7 Å². The van der Waals surface area contributed by atoms with Crippen molar-refractivity contribution < 1.29 is 4.79 Å². The van der Waals surface area contributed by atoms with Gasteiger partial charge in [-0.2, -0.15) is 0 Å². The summed E-state index contributed by atoms with van der Waals surface area (Å²) in [6.45, 7) is 3.68. The quantitative estimate of drug-likeness (QED) is 0.671. The molecule has 2 rings (SSSR count). The third kappa shape index (κ3) is 1.88. The van der Waals surface area contributed by atoms with Crippen LogP contribution in [0.4, 0.5) is 0 Å². The third-order valence-corrected chi connectivity index (χ3v) is 3.16. The molecule has 4 heteroatoms. The van der Waals surface area contributed by atoms with Gasteiger partial charge in [-0.1, -0.05) is 18.7 Å². The smallest absolute Gasteiger partial charge is 0.231 e. The molecule has 1 saturated carbocycles. The average Bonchev–Trinajstić information content (AvgIpc) is 2.87. The highest BCUT2D eigenvalue weighted by Gasteiger charge is 2.36. The Morgan fingerprint density at radius 1 is 1.69 bits per heavy atom. The van der Waals surface area contributed by atoms with Crippen LogP contribution in [-0.2, 0) is 4.79 Å². The number of aliphatic imine (C=N–C) groups is 1. The number of amides is 1. The molecule has 1 amide bonds. The van der Waals surface area contributed by atoms with Crippen molar-refractivity contribution in [2.45, 2.75) is 19.8 Å². The number of rotatable bonds is 2. The zero-order chi connectivity index (χ0) is 9.26. The molecule has 0 unspecified atom stereocenters. The van der Waals surface area contributed by atoms with E-state index in [-0.39, 0.29) is 0 Å². The molecule has 0 aromatic carbocycles. The van der Waals surface area contributed by atoms with E-state index in [0.29, 0.717) is 11.8 Å². The van der Waals surface area contributed by atoms with Gasteiger partial charge in [0.1, 0.15) is 0 Å². The number of nitrogens with zero attached hydrogens (tertiary/aromatic N) is 2. The Morgan fingerprint density at radius 3 is 3.08 bits per heavy atom. The predicted octanol–water partition coefficient (Wildman–Crippen LogP) is 1.35. The summed E-state index contributed by atoms with van der Waals surface area (Å²) in [6, 6.07) is 0. The van der Waals surface area contributed by atoms with Crippen molar-refractivity contribution in [2.24, 2.45) is 10.9 Å².